The molecule has 154 valence electrons. The number of hydrogen-bond donors (Lipinski definition) is 1. The lowest BCUT2D eigenvalue weighted by Gasteiger charge is -2.16. The molecule has 0 aliphatic rings. The van der Waals surface area contributed by atoms with Gasteiger partial charge in [-0.05, 0) is 35.0 Å². The Balaban J connectivity index is 1.91. The smallest absolute Gasteiger partial charge is 0.337 e. The van der Waals surface area contributed by atoms with Gasteiger partial charge in [0, 0.05) is 18.3 Å². The Bertz CT molecular complexity index is 1080. The monoisotopic (exact) mass is 425 g/mol. The second-order valence-corrected chi connectivity index (χ2v) is 7.40. The fourth-order valence-corrected chi connectivity index (χ4v) is 3.50. The fraction of sp³-hybridized carbons (Fsp3) is 0.200. The number of aryl methyl sites for hydroxylation is 2. The Hall–Kier alpha value is -3.53. The molecule has 1 amide bonds. The SMILES string of the molecule is COC(=O)c1ccc(C)c(NC(=O)C(Sc2nnnn2C)C(=O)c2ccccc2)c1. The van der Waals surface area contributed by atoms with Crippen molar-refractivity contribution in [1.82, 2.24) is 20.2 Å². The van der Waals surface area contributed by atoms with Crippen LogP contribution in [0.5, 0.6) is 0 Å². The molecule has 0 saturated heterocycles. The first-order valence-electron chi connectivity index (χ1n) is 8.89. The normalized spacial score (nSPS) is 11.6. The Morgan fingerprint density at radius 3 is 2.47 bits per heavy atom. The molecule has 0 aliphatic heterocycles. The van der Waals surface area contributed by atoms with Crippen molar-refractivity contribution in [3.63, 3.8) is 0 Å². The lowest BCUT2D eigenvalue weighted by atomic mass is 10.1. The van der Waals surface area contributed by atoms with E-state index in [0.29, 0.717) is 16.4 Å². The van der Waals surface area contributed by atoms with Gasteiger partial charge in [-0.15, -0.1) is 5.10 Å². The molecule has 1 aromatic heterocycles. The van der Waals surface area contributed by atoms with Gasteiger partial charge < -0.3 is 10.1 Å². The molecule has 9 nitrogen and oxygen atoms in total. The van der Waals surface area contributed by atoms with Gasteiger partial charge >= 0.3 is 5.97 Å². The summed E-state index contributed by atoms with van der Waals surface area (Å²) in [6.07, 6.45) is 0. The quantitative estimate of drug-likeness (QED) is 0.265. The van der Waals surface area contributed by atoms with Crippen molar-refractivity contribution in [2.24, 2.45) is 7.05 Å². The summed E-state index contributed by atoms with van der Waals surface area (Å²) in [5.74, 6) is -1.47. The topological polar surface area (TPSA) is 116 Å². The summed E-state index contributed by atoms with van der Waals surface area (Å²) in [7, 11) is 2.90. The molecule has 3 rings (SSSR count). The van der Waals surface area contributed by atoms with E-state index in [2.05, 4.69) is 20.8 Å². The molecule has 1 heterocycles. The van der Waals surface area contributed by atoms with Crippen LogP contribution in [0.2, 0.25) is 0 Å². The number of tetrazole rings is 1. The first-order chi connectivity index (χ1) is 14.4. The number of thioether (sulfide) groups is 1. The molecular formula is C20H19N5O4S. The highest BCUT2D eigenvalue weighted by molar-refractivity contribution is 8.01. The number of hydrogen-bond acceptors (Lipinski definition) is 8. The van der Waals surface area contributed by atoms with Crippen LogP contribution < -0.4 is 5.32 Å². The molecule has 10 heteroatoms. The lowest BCUT2D eigenvalue weighted by molar-refractivity contribution is -0.115. The van der Waals surface area contributed by atoms with E-state index >= 15 is 0 Å². The van der Waals surface area contributed by atoms with E-state index in [0.717, 1.165) is 17.3 Å². The highest BCUT2D eigenvalue weighted by Gasteiger charge is 2.31. The number of nitrogens with one attached hydrogen (secondary N) is 1. The van der Waals surface area contributed by atoms with Crippen LogP contribution in [-0.4, -0.2) is 50.2 Å². The number of anilines is 1. The highest BCUT2D eigenvalue weighted by atomic mass is 32.2. The molecule has 1 N–H and O–H groups in total. The molecule has 3 aromatic rings. The largest absolute Gasteiger partial charge is 0.465 e. The maximum atomic E-state index is 13.1. The highest BCUT2D eigenvalue weighted by Crippen LogP contribution is 2.26. The van der Waals surface area contributed by atoms with Crippen LogP contribution in [-0.2, 0) is 16.6 Å². The van der Waals surface area contributed by atoms with Crippen molar-refractivity contribution in [1.29, 1.82) is 0 Å². The van der Waals surface area contributed by atoms with Gasteiger partial charge in [-0.1, -0.05) is 48.2 Å². The van der Waals surface area contributed by atoms with Gasteiger partial charge in [0.2, 0.25) is 11.1 Å². The molecule has 0 radical (unpaired) electrons. The van der Waals surface area contributed by atoms with E-state index in [4.69, 9.17) is 4.74 Å². The molecule has 0 bridgehead atoms. The van der Waals surface area contributed by atoms with Crippen LogP contribution in [0.1, 0.15) is 26.3 Å². The van der Waals surface area contributed by atoms with Gasteiger partial charge in [0.15, 0.2) is 11.0 Å². The molecule has 0 spiro atoms. The zero-order chi connectivity index (χ0) is 21.7. The first-order valence-corrected chi connectivity index (χ1v) is 9.76. The third kappa shape index (κ3) is 4.71. The predicted octanol–water partition coefficient (Wildman–Crippen LogP) is 2.29. The number of benzene rings is 2. The first kappa shape index (κ1) is 21.2. The van der Waals surface area contributed by atoms with Gasteiger partial charge in [-0.25, -0.2) is 9.48 Å². The number of nitrogens with zero attached hydrogens (tertiary/aromatic N) is 4. The molecule has 0 fully saturated rings. The molecule has 1 atom stereocenters. The van der Waals surface area contributed by atoms with E-state index in [1.165, 1.54) is 17.9 Å². The zero-order valence-corrected chi connectivity index (χ0v) is 17.3. The van der Waals surface area contributed by atoms with Gasteiger partial charge in [0.25, 0.3) is 0 Å². The second kappa shape index (κ2) is 9.31. The van der Waals surface area contributed by atoms with E-state index < -0.39 is 17.1 Å². The Morgan fingerprint density at radius 2 is 1.83 bits per heavy atom. The summed E-state index contributed by atoms with van der Waals surface area (Å²) >= 11 is 0.947. The van der Waals surface area contributed by atoms with Gasteiger partial charge in [0.05, 0.1) is 12.7 Å². The Labute approximate surface area is 176 Å². The lowest BCUT2D eigenvalue weighted by Crippen LogP contribution is -2.33. The molecule has 1 unspecified atom stereocenters. The van der Waals surface area contributed by atoms with Gasteiger partial charge in [-0.3, -0.25) is 9.59 Å². The number of esters is 1. The number of carbonyl (C=O) groups is 3. The number of ketones is 1. The van der Waals surface area contributed by atoms with E-state index in [1.807, 2.05) is 0 Å². The number of aromatic nitrogens is 4. The van der Waals surface area contributed by atoms with E-state index in [-0.39, 0.29) is 11.3 Å². The summed E-state index contributed by atoms with van der Waals surface area (Å²) in [6.45, 7) is 1.78. The fourth-order valence-electron chi connectivity index (χ4n) is 2.61. The van der Waals surface area contributed by atoms with Crippen molar-refractivity contribution >= 4 is 35.1 Å². The summed E-state index contributed by atoms with van der Waals surface area (Å²) in [6, 6.07) is 13.3. The average molecular weight is 425 g/mol. The van der Waals surface area contributed by atoms with Crippen molar-refractivity contribution < 1.29 is 19.1 Å². The number of Topliss-reactive ketones (excluding diaryl/α,β-unsaturated/α-hetero) is 1. The minimum atomic E-state index is -1.14. The number of amides is 1. The van der Waals surface area contributed by atoms with Crippen LogP contribution in [0, 0.1) is 6.92 Å². The number of methoxy groups -OCH3 is 1. The summed E-state index contributed by atoms with van der Waals surface area (Å²) in [5, 5.41) is 13.1. The van der Waals surface area contributed by atoms with Crippen LogP contribution >= 0.6 is 11.8 Å². The Morgan fingerprint density at radius 1 is 1.10 bits per heavy atom. The van der Waals surface area contributed by atoms with Crippen molar-refractivity contribution in [2.45, 2.75) is 17.3 Å². The van der Waals surface area contributed by atoms with Crippen LogP contribution in [0.3, 0.4) is 0 Å². The van der Waals surface area contributed by atoms with Crippen molar-refractivity contribution in [2.75, 3.05) is 12.4 Å². The summed E-state index contributed by atoms with van der Waals surface area (Å²) in [4.78, 5) is 38.0. The molecule has 0 saturated carbocycles. The molecule has 2 aromatic carbocycles. The molecular weight excluding hydrogens is 406 g/mol. The number of ether oxygens (including phenoxy) is 1. The number of rotatable bonds is 7. The third-order valence-electron chi connectivity index (χ3n) is 4.26. The number of carbonyl (C=O) groups excluding carboxylic acids is 3. The van der Waals surface area contributed by atoms with Crippen molar-refractivity contribution in [3.05, 3.63) is 65.2 Å². The summed E-state index contributed by atoms with van der Waals surface area (Å²) in [5.41, 5.74) is 1.81. The third-order valence-corrected chi connectivity index (χ3v) is 5.48. The summed E-state index contributed by atoms with van der Waals surface area (Å²) < 4.78 is 6.11. The van der Waals surface area contributed by atoms with Crippen LogP contribution in [0.15, 0.2) is 53.7 Å². The predicted molar refractivity (Wildman–Crippen MR) is 110 cm³/mol. The minimum absolute atomic E-state index is 0.287. The maximum absolute atomic E-state index is 13.1. The minimum Gasteiger partial charge on any atom is -0.465 e. The van der Waals surface area contributed by atoms with Crippen LogP contribution in [0.25, 0.3) is 0 Å². The Kier molecular flexibility index (Phi) is 6.58. The molecule has 0 aliphatic carbocycles. The van der Waals surface area contributed by atoms with Crippen molar-refractivity contribution in [3.8, 4) is 0 Å². The maximum Gasteiger partial charge on any atom is 0.337 e. The van der Waals surface area contributed by atoms with Gasteiger partial charge in [-0.2, -0.15) is 0 Å². The zero-order valence-electron chi connectivity index (χ0n) is 16.5. The molecule has 30 heavy (non-hydrogen) atoms. The average Bonchev–Trinajstić information content (AvgIpc) is 3.17. The van der Waals surface area contributed by atoms with Crippen LogP contribution in [0.4, 0.5) is 5.69 Å². The van der Waals surface area contributed by atoms with E-state index in [9.17, 15) is 14.4 Å². The standard InChI is InChI=1S/C20H19N5O4S/c1-12-9-10-14(19(28)29-3)11-15(12)21-18(27)17(30-20-22-23-24-25(20)2)16(26)13-7-5-4-6-8-13/h4-11,17H,1-3H3,(H,21,27). The van der Waals surface area contributed by atoms with E-state index in [1.54, 1.807) is 56.4 Å². The van der Waals surface area contributed by atoms with Gasteiger partial charge in [0.1, 0.15) is 0 Å². The second-order valence-electron chi connectivity index (χ2n) is 6.32.